The van der Waals surface area contributed by atoms with E-state index in [1.165, 1.54) is 17.7 Å². The van der Waals surface area contributed by atoms with Gasteiger partial charge in [-0.1, -0.05) is 0 Å². The highest BCUT2D eigenvalue weighted by atomic mass is 15.5. The molecule has 4 N–H and O–H groups in total. The third kappa shape index (κ3) is 0.824. The minimum absolute atomic E-state index is 0.465. The predicted molar refractivity (Wildman–Crippen MR) is 31.0 cm³/mol. The zero-order chi connectivity index (χ0) is 5.98. The molecule has 0 radical (unpaired) electrons. The Balaban J connectivity index is 2.59. The highest BCUT2D eigenvalue weighted by Crippen LogP contribution is 1.86. The van der Waals surface area contributed by atoms with E-state index in [0.29, 0.717) is 0 Å². The third-order valence-electron chi connectivity index (χ3n) is 0.792. The van der Waals surface area contributed by atoms with Crippen LogP contribution in [0.25, 0.3) is 0 Å². The molecule has 0 saturated heterocycles. The van der Waals surface area contributed by atoms with E-state index in [2.05, 4.69) is 9.98 Å². The van der Waals surface area contributed by atoms with Crippen molar-refractivity contribution in [3.05, 3.63) is 0 Å². The Labute approximate surface area is 46.7 Å². The summed E-state index contributed by atoms with van der Waals surface area (Å²) in [6, 6.07) is 0. The van der Waals surface area contributed by atoms with Gasteiger partial charge < -0.3 is 0 Å². The first-order valence-electron chi connectivity index (χ1n) is 2.14. The van der Waals surface area contributed by atoms with Crippen molar-refractivity contribution in [1.82, 2.24) is 5.01 Å². The van der Waals surface area contributed by atoms with Crippen molar-refractivity contribution in [3.8, 4) is 0 Å². The summed E-state index contributed by atoms with van der Waals surface area (Å²) in [6.07, 6.45) is 2.32. The summed E-state index contributed by atoms with van der Waals surface area (Å²) in [6.45, 7) is 0. The van der Waals surface area contributed by atoms with Crippen LogP contribution in [0.3, 0.4) is 0 Å². The number of rotatable bonds is 0. The maximum Gasteiger partial charge on any atom is 0.189 e. The summed E-state index contributed by atoms with van der Waals surface area (Å²) >= 11 is 0. The van der Waals surface area contributed by atoms with Crippen LogP contribution in [0.15, 0.2) is 9.98 Å². The average molecular weight is 113 g/mol. The Morgan fingerprint density at radius 3 is 2.75 bits per heavy atom. The molecule has 0 fully saturated rings. The van der Waals surface area contributed by atoms with Gasteiger partial charge in [-0.3, -0.25) is 10.7 Å². The van der Waals surface area contributed by atoms with Gasteiger partial charge in [0.25, 0.3) is 0 Å². The average Bonchev–Trinajstić information content (AvgIpc) is 1.77. The number of hydrazine groups is 1. The predicted octanol–water partition coefficient (Wildman–Crippen LogP) is -1.53. The normalized spacial score (nSPS) is 26.8. The van der Waals surface area contributed by atoms with Crippen LogP contribution < -0.4 is 11.6 Å². The van der Waals surface area contributed by atoms with Gasteiger partial charge in [0.1, 0.15) is 12.7 Å². The molecule has 1 heterocycles. The van der Waals surface area contributed by atoms with Crippen LogP contribution in [0.5, 0.6) is 0 Å². The highest BCUT2D eigenvalue weighted by molar-refractivity contribution is 5.72. The van der Waals surface area contributed by atoms with E-state index in [4.69, 9.17) is 11.6 Å². The molecule has 0 amide bonds. The first-order chi connectivity index (χ1) is 3.80. The van der Waals surface area contributed by atoms with E-state index in [1.54, 1.807) is 0 Å². The van der Waals surface area contributed by atoms with Gasteiger partial charge in [0.15, 0.2) is 6.29 Å². The van der Waals surface area contributed by atoms with Crippen LogP contribution in [-0.2, 0) is 0 Å². The van der Waals surface area contributed by atoms with Crippen molar-refractivity contribution in [2.24, 2.45) is 21.6 Å². The van der Waals surface area contributed by atoms with Gasteiger partial charge >= 0.3 is 0 Å². The number of aliphatic imine (C=N–C) groups is 2. The van der Waals surface area contributed by atoms with Crippen LogP contribution >= 0.6 is 0 Å². The zero-order valence-corrected chi connectivity index (χ0v) is 4.23. The van der Waals surface area contributed by atoms with Crippen molar-refractivity contribution in [3.63, 3.8) is 0 Å². The summed E-state index contributed by atoms with van der Waals surface area (Å²) in [7, 11) is 0. The molecule has 0 saturated carbocycles. The fourth-order valence-electron chi connectivity index (χ4n) is 0.359. The molecule has 1 rings (SSSR count). The molecular weight excluding hydrogens is 106 g/mol. The molecule has 0 spiro atoms. The monoisotopic (exact) mass is 113 g/mol. The second-order valence-corrected chi connectivity index (χ2v) is 1.39. The summed E-state index contributed by atoms with van der Waals surface area (Å²) in [5.41, 5.74) is 5.29. The van der Waals surface area contributed by atoms with E-state index in [0.717, 1.165) is 0 Å². The maximum absolute atomic E-state index is 5.29. The van der Waals surface area contributed by atoms with Crippen LogP contribution in [0.1, 0.15) is 0 Å². The van der Waals surface area contributed by atoms with Crippen molar-refractivity contribution in [2.45, 2.75) is 6.29 Å². The molecule has 5 nitrogen and oxygen atoms in total. The van der Waals surface area contributed by atoms with E-state index < -0.39 is 6.29 Å². The second-order valence-electron chi connectivity index (χ2n) is 1.39. The molecule has 0 aromatic heterocycles. The lowest BCUT2D eigenvalue weighted by Crippen LogP contribution is -2.45. The molecule has 1 aliphatic rings. The van der Waals surface area contributed by atoms with Gasteiger partial charge in [-0.15, -0.1) is 0 Å². The topological polar surface area (TPSA) is 80.0 Å². The van der Waals surface area contributed by atoms with E-state index >= 15 is 0 Å². The molecule has 1 atom stereocenters. The highest BCUT2D eigenvalue weighted by Gasteiger charge is 2.03. The van der Waals surface area contributed by atoms with E-state index in [9.17, 15) is 0 Å². The second kappa shape index (κ2) is 1.89. The largest absolute Gasteiger partial charge is 0.291 e. The lowest BCUT2D eigenvalue weighted by Gasteiger charge is -2.18. The van der Waals surface area contributed by atoms with Crippen molar-refractivity contribution < 1.29 is 0 Å². The summed E-state index contributed by atoms with van der Waals surface area (Å²) in [5.74, 6) is 5.22. The lowest BCUT2D eigenvalue weighted by atomic mass is 10.8. The Kier molecular flexibility index (Phi) is 1.23. The molecule has 0 aliphatic carbocycles. The van der Waals surface area contributed by atoms with Crippen LogP contribution in [-0.4, -0.2) is 24.0 Å². The Hall–Kier alpha value is -0.940. The van der Waals surface area contributed by atoms with Gasteiger partial charge in [-0.2, -0.15) is 0 Å². The lowest BCUT2D eigenvalue weighted by molar-refractivity contribution is 0.345. The third-order valence-corrected chi connectivity index (χ3v) is 0.792. The minimum atomic E-state index is -0.465. The number of hydrogen-bond donors (Lipinski definition) is 2. The first-order valence-corrected chi connectivity index (χ1v) is 2.14. The molecule has 5 heteroatoms. The molecule has 1 aliphatic heterocycles. The van der Waals surface area contributed by atoms with E-state index in [-0.39, 0.29) is 0 Å². The Morgan fingerprint density at radius 1 is 1.62 bits per heavy atom. The summed E-state index contributed by atoms with van der Waals surface area (Å²) in [4.78, 5) is 7.28. The van der Waals surface area contributed by atoms with Gasteiger partial charge in [-0.05, 0) is 0 Å². The first kappa shape index (κ1) is 5.20. The molecule has 1 unspecified atom stereocenters. The zero-order valence-electron chi connectivity index (χ0n) is 4.23. The fourth-order valence-corrected chi connectivity index (χ4v) is 0.359. The Morgan fingerprint density at radius 2 is 2.38 bits per heavy atom. The van der Waals surface area contributed by atoms with E-state index in [1.807, 2.05) is 0 Å². The molecular formula is C3H7N5. The van der Waals surface area contributed by atoms with Gasteiger partial charge in [0.2, 0.25) is 0 Å². The van der Waals surface area contributed by atoms with Gasteiger partial charge in [0, 0.05) is 0 Å². The summed E-state index contributed by atoms with van der Waals surface area (Å²) < 4.78 is 0. The number of nitrogens with zero attached hydrogens (tertiary/aromatic N) is 3. The fraction of sp³-hybridized carbons (Fsp3) is 0.333. The van der Waals surface area contributed by atoms with Gasteiger partial charge in [-0.25, -0.2) is 15.8 Å². The Bertz CT molecular complexity index is 112. The van der Waals surface area contributed by atoms with Crippen LogP contribution in [0.2, 0.25) is 0 Å². The van der Waals surface area contributed by atoms with Crippen molar-refractivity contribution in [1.29, 1.82) is 0 Å². The minimum Gasteiger partial charge on any atom is -0.291 e. The molecule has 0 aromatic rings. The van der Waals surface area contributed by atoms with Crippen molar-refractivity contribution in [2.75, 3.05) is 0 Å². The molecule has 44 valence electrons. The molecule has 0 bridgehead atoms. The maximum atomic E-state index is 5.29. The number of hydrogen-bond acceptors (Lipinski definition) is 5. The van der Waals surface area contributed by atoms with Crippen LogP contribution in [0, 0.1) is 0 Å². The quantitative estimate of drug-likeness (QED) is 0.374. The smallest absolute Gasteiger partial charge is 0.189 e. The van der Waals surface area contributed by atoms with Gasteiger partial charge in [0.05, 0.1) is 0 Å². The standard InChI is InChI=1S/C3H7N5/c4-3-7-1-6-2-8(3)5/h1-3H,4-5H2. The SMILES string of the molecule is NC1N=CN=CN1N. The van der Waals surface area contributed by atoms with Crippen molar-refractivity contribution >= 4 is 12.7 Å². The van der Waals surface area contributed by atoms with Crippen LogP contribution in [0.4, 0.5) is 0 Å². The summed E-state index contributed by atoms with van der Waals surface area (Å²) in [5, 5.41) is 1.22. The molecule has 0 aromatic carbocycles. The number of nitrogens with two attached hydrogens (primary N) is 2. The molecule has 8 heavy (non-hydrogen) atoms.